The van der Waals surface area contributed by atoms with Crippen molar-refractivity contribution in [3.05, 3.63) is 11.6 Å². The lowest BCUT2D eigenvalue weighted by Crippen LogP contribution is -2.37. The van der Waals surface area contributed by atoms with E-state index in [2.05, 4.69) is 38.7 Å². The Labute approximate surface area is 132 Å². The van der Waals surface area contributed by atoms with Gasteiger partial charge in [0.15, 0.2) is 0 Å². The Balaban J connectivity index is 2.49. The molecule has 0 aliphatic heterocycles. The van der Waals surface area contributed by atoms with Crippen molar-refractivity contribution in [3.8, 4) is 0 Å². The Morgan fingerprint density at radius 1 is 1.38 bits per heavy atom. The molecule has 1 aliphatic rings. The normalized spacial score (nSPS) is 24.0. The molecule has 1 amide bonds. The highest BCUT2D eigenvalue weighted by Crippen LogP contribution is 2.55. The van der Waals surface area contributed by atoms with Gasteiger partial charge in [-0.25, -0.2) is 0 Å². The third kappa shape index (κ3) is 5.84. The molecule has 0 aromatic rings. The molecule has 0 spiro atoms. The molecule has 21 heavy (non-hydrogen) atoms. The molecule has 1 saturated carbocycles. The minimum absolute atomic E-state index is 0.123. The monoisotopic (exact) mass is 293 g/mol. The summed E-state index contributed by atoms with van der Waals surface area (Å²) in [7, 11) is 0. The molecule has 0 bridgehead atoms. The van der Waals surface area contributed by atoms with Crippen molar-refractivity contribution in [2.75, 3.05) is 13.1 Å². The molecule has 0 radical (unpaired) electrons. The lowest BCUT2D eigenvalue weighted by molar-refractivity contribution is -0.134. The van der Waals surface area contributed by atoms with Crippen molar-refractivity contribution in [3.63, 3.8) is 0 Å². The first kappa shape index (κ1) is 18.3. The zero-order valence-electron chi connectivity index (χ0n) is 15.0. The third-order valence-corrected chi connectivity index (χ3v) is 4.83. The first-order valence-corrected chi connectivity index (χ1v) is 8.72. The van der Waals surface area contributed by atoms with Crippen LogP contribution in [0.2, 0.25) is 0 Å². The van der Waals surface area contributed by atoms with Gasteiger partial charge in [-0.3, -0.25) is 4.79 Å². The molecular formula is C19H35NO. The number of hydrogen-bond acceptors (Lipinski definition) is 1. The second-order valence-electron chi connectivity index (χ2n) is 7.67. The number of unbranched alkanes of at least 4 members (excludes halogenated alkanes) is 1. The highest BCUT2D eigenvalue weighted by Gasteiger charge is 2.49. The fraction of sp³-hybridized carbons (Fsp3) is 0.842. The smallest absolute Gasteiger partial charge is 0.225 e. The standard InChI is InChI=1S/C19H35NO/c1-7-8-12-20(18(21)16(4)5)14-17-13-19(17,6)11-9-10-15(2)3/h10,16-17H,7-9,11-14H2,1-6H3/t17-,19-/m0/s1. The van der Waals surface area contributed by atoms with Crippen LogP contribution in [0.3, 0.4) is 0 Å². The van der Waals surface area contributed by atoms with Gasteiger partial charge in [0.05, 0.1) is 0 Å². The quantitative estimate of drug-likeness (QED) is 0.545. The summed E-state index contributed by atoms with van der Waals surface area (Å²) in [5, 5.41) is 0. The molecule has 1 rings (SSSR count). The van der Waals surface area contributed by atoms with Crippen LogP contribution >= 0.6 is 0 Å². The van der Waals surface area contributed by atoms with Crippen molar-refractivity contribution < 1.29 is 4.79 Å². The van der Waals surface area contributed by atoms with Gasteiger partial charge in [0.2, 0.25) is 5.91 Å². The molecule has 0 saturated heterocycles. The number of carbonyl (C=O) groups excluding carboxylic acids is 1. The minimum atomic E-state index is 0.123. The van der Waals surface area contributed by atoms with Crippen molar-refractivity contribution in [1.29, 1.82) is 0 Å². The van der Waals surface area contributed by atoms with Crippen LogP contribution in [-0.2, 0) is 4.79 Å². The Morgan fingerprint density at radius 2 is 2.05 bits per heavy atom. The van der Waals surface area contributed by atoms with Gasteiger partial charge in [-0.05, 0) is 50.9 Å². The second-order valence-corrected chi connectivity index (χ2v) is 7.67. The lowest BCUT2D eigenvalue weighted by Gasteiger charge is -2.25. The Bertz CT molecular complexity index is 368. The van der Waals surface area contributed by atoms with Crippen LogP contribution in [0.5, 0.6) is 0 Å². The average molecular weight is 293 g/mol. The van der Waals surface area contributed by atoms with Crippen LogP contribution in [-0.4, -0.2) is 23.9 Å². The van der Waals surface area contributed by atoms with E-state index in [9.17, 15) is 4.79 Å². The summed E-state index contributed by atoms with van der Waals surface area (Å²) in [4.78, 5) is 14.5. The van der Waals surface area contributed by atoms with Crippen molar-refractivity contribution >= 4 is 5.91 Å². The average Bonchev–Trinajstić information content (AvgIpc) is 3.03. The maximum Gasteiger partial charge on any atom is 0.225 e. The zero-order valence-corrected chi connectivity index (χ0v) is 15.0. The molecule has 1 fully saturated rings. The molecule has 2 nitrogen and oxygen atoms in total. The van der Waals surface area contributed by atoms with E-state index in [1.807, 2.05) is 13.8 Å². The van der Waals surface area contributed by atoms with Crippen LogP contribution in [0.15, 0.2) is 11.6 Å². The Hall–Kier alpha value is -0.790. The van der Waals surface area contributed by atoms with Crippen LogP contribution in [0.25, 0.3) is 0 Å². The van der Waals surface area contributed by atoms with E-state index in [-0.39, 0.29) is 5.92 Å². The SMILES string of the molecule is CCCCN(C[C@@H]1C[C@]1(C)CCC=C(C)C)C(=O)C(C)C. The predicted octanol–water partition coefficient (Wildman–Crippen LogP) is 5.04. The molecule has 0 heterocycles. The number of allylic oxidation sites excluding steroid dienone is 2. The number of nitrogens with zero attached hydrogens (tertiary/aromatic N) is 1. The van der Waals surface area contributed by atoms with Gasteiger partial charge in [0, 0.05) is 19.0 Å². The molecule has 0 aromatic heterocycles. The van der Waals surface area contributed by atoms with Gasteiger partial charge < -0.3 is 4.90 Å². The molecular weight excluding hydrogens is 258 g/mol. The molecule has 2 atom stereocenters. The molecule has 1 aliphatic carbocycles. The lowest BCUT2D eigenvalue weighted by atomic mass is 9.98. The second kappa shape index (κ2) is 8.00. The molecule has 122 valence electrons. The van der Waals surface area contributed by atoms with Gasteiger partial charge in [0.1, 0.15) is 0 Å². The predicted molar refractivity (Wildman–Crippen MR) is 91.2 cm³/mol. The largest absolute Gasteiger partial charge is 0.342 e. The molecule has 0 unspecified atom stereocenters. The molecule has 2 heteroatoms. The topological polar surface area (TPSA) is 20.3 Å². The van der Waals surface area contributed by atoms with Crippen molar-refractivity contribution in [2.45, 2.75) is 73.6 Å². The number of amides is 1. The summed E-state index contributed by atoms with van der Waals surface area (Å²) in [6, 6.07) is 0. The minimum Gasteiger partial charge on any atom is -0.342 e. The van der Waals surface area contributed by atoms with Crippen molar-refractivity contribution in [1.82, 2.24) is 4.90 Å². The summed E-state index contributed by atoms with van der Waals surface area (Å²) in [5.41, 5.74) is 1.88. The number of rotatable bonds is 9. The maximum atomic E-state index is 12.3. The van der Waals surface area contributed by atoms with Crippen LogP contribution in [0.4, 0.5) is 0 Å². The van der Waals surface area contributed by atoms with E-state index >= 15 is 0 Å². The fourth-order valence-electron chi connectivity index (χ4n) is 3.06. The van der Waals surface area contributed by atoms with Crippen LogP contribution in [0, 0.1) is 17.3 Å². The van der Waals surface area contributed by atoms with Gasteiger partial charge >= 0.3 is 0 Å². The highest BCUT2D eigenvalue weighted by molar-refractivity contribution is 5.78. The summed E-state index contributed by atoms with van der Waals surface area (Å²) in [6.07, 6.45) is 8.36. The third-order valence-electron chi connectivity index (χ3n) is 4.83. The summed E-state index contributed by atoms with van der Waals surface area (Å²) < 4.78 is 0. The van der Waals surface area contributed by atoms with Crippen LogP contribution in [0.1, 0.15) is 73.6 Å². The van der Waals surface area contributed by atoms with Gasteiger partial charge in [-0.15, -0.1) is 0 Å². The zero-order chi connectivity index (χ0) is 16.0. The van der Waals surface area contributed by atoms with Gasteiger partial charge in [-0.2, -0.15) is 0 Å². The van der Waals surface area contributed by atoms with E-state index in [1.54, 1.807) is 0 Å². The Kier molecular flexibility index (Phi) is 6.96. The van der Waals surface area contributed by atoms with Crippen LogP contribution < -0.4 is 0 Å². The van der Waals surface area contributed by atoms with Gasteiger partial charge in [-0.1, -0.05) is 45.8 Å². The Morgan fingerprint density at radius 3 is 2.57 bits per heavy atom. The maximum absolute atomic E-state index is 12.3. The summed E-state index contributed by atoms with van der Waals surface area (Å²) in [6.45, 7) is 14.9. The van der Waals surface area contributed by atoms with Crippen molar-refractivity contribution in [2.24, 2.45) is 17.3 Å². The van der Waals surface area contributed by atoms with E-state index in [0.29, 0.717) is 17.2 Å². The first-order chi connectivity index (χ1) is 9.80. The number of hydrogen-bond donors (Lipinski definition) is 0. The van der Waals surface area contributed by atoms with E-state index in [0.717, 1.165) is 25.9 Å². The van der Waals surface area contributed by atoms with E-state index in [4.69, 9.17) is 0 Å². The number of carbonyl (C=O) groups is 1. The van der Waals surface area contributed by atoms with E-state index in [1.165, 1.54) is 24.8 Å². The first-order valence-electron chi connectivity index (χ1n) is 8.72. The fourth-order valence-corrected chi connectivity index (χ4v) is 3.06. The van der Waals surface area contributed by atoms with Gasteiger partial charge in [0.25, 0.3) is 0 Å². The highest BCUT2D eigenvalue weighted by atomic mass is 16.2. The summed E-state index contributed by atoms with van der Waals surface area (Å²) in [5.74, 6) is 1.17. The summed E-state index contributed by atoms with van der Waals surface area (Å²) >= 11 is 0. The molecule has 0 aromatic carbocycles. The molecule has 0 N–H and O–H groups in total. The van der Waals surface area contributed by atoms with E-state index < -0.39 is 0 Å².